The van der Waals surface area contributed by atoms with E-state index in [2.05, 4.69) is 16.4 Å². The van der Waals surface area contributed by atoms with Crippen LogP contribution in [0.4, 0.5) is 5.13 Å². The summed E-state index contributed by atoms with van der Waals surface area (Å²) in [6, 6.07) is 9.48. The molecular formula is C18H17ClN2O2S. The van der Waals surface area contributed by atoms with E-state index in [0.717, 1.165) is 32.7 Å². The monoisotopic (exact) mass is 360 g/mol. The van der Waals surface area contributed by atoms with Crippen LogP contribution in [0.25, 0.3) is 10.2 Å². The number of anilines is 1. The fourth-order valence-corrected chi connectivity index (χ4v) is 3.56. The molecule has 0 bridgehead atoms. The molecule has 6 heteroatoms. The van der Waals surface area contributed by atoms with Crippen LogP contribution in [0.3, 0.4) is 0 Å². The lowest BCUT2D eigenvalue weighted by Gasteiger charge is -2.11. The zero-order chi connectivity index (χ0) is 17.3. The number of halogens is 1. The van der Waals surface area contributed by atoms with Gasteiger partial charge in [0.05, 0.1) is 10.2 Å². The second kappa shape index (κ2) is 6.79. The highest BCUT2D eigenvalue weighted by Gasteiger charge is 2.10. The Kier molecular flexibility index (Phi) is 4.73. The predicted octanol–water partition coefficient (Wildman–Crippen LogP) is 4.89. The minimum atomic E-state index is -0.237. The van der Waals surface area contributed by atoms with Crippen LogP contribution < -0.4 is 10.1 Å². The first-order valence-corrected chi connectivity index (χ1v) is 8.68. The van der Waals surface area contributed by atoms with Crippen molar-refractivity contribution in [1.82, 2.24) is 4.98 Å². The second-order valence-corrected chi connectivity index (χ2v) is 7.14. The van der Waals surface area contributed by atoms with Crippen molar-refractivity contribution in [2.24, 2.45) is 0 Å². The molecule has 1 amide bonds. The van der Waals surface area contributed by atoms with Crippen LogP contribution in [-0.2, 0) is 4.79 Å². The van der Waals surface area contributed by atoms with E-state index in [1.54, 1.807) is 6.07 Å². The number of carbonyl (C=O) groups is 1. The summed E-state index contributed by atoms with van der Waals surface area (Å²) in [5.41, 5.74) is 4.11. The molecule has 0 fully saturated rings. The number of benzene rings is 2. The molecule has 0 aliphatic carbocycles. The second-order valence-electron chi connectivity index (χ2n) is 5.67. The van der Waals surface area contributed by atoms with Crippen molar-refractivity contribution in [3.8, 4) is 5.75 Å². The Morgan fingerprint density at radius 1 is 1.25 bits per heavy atom. The zero-order valence-corrected chi connectivity index (χ0v) is 15.2. The van der Waals surface area contributed by atoms with Gasteiger partial charge < -0.3 is 4.74 Å². The lowest BCUT2D eigenvalue weighted by Crippen LogP contribution is -2.20. The van der Waals surface area contributed by atoms with Gasteiger partial charge >= 0.3 is 0 Å². The highest BCUT2D eigenvalue weighted by Crippen LogP contribution is 2.28. The molecule has 0 spiro atoms. The minimum Gasteiger partial charge on any atom is -0.483 e. The smallest absolute Gasteiger partial charge is 0.264 e. The van der Waals surface area contributed by atoms with Gasteiger partial charge in [0.15, 0.2) is 11.7 Å². The van der Waals surface area contributed by atoms with E-state index in [1.165, 1.54) is 11.3 Å². The average molecular weight is 361 g/mol. The number of thiazole rings is 1. The molecule has 0 saturated carbocycles. The lowest BCUT2D eigenvalue weighted by atomic mass is 10.1. The Hall–Kier alpha value is -2.11. The Morgan fingerprint density at radius 2 is 2.04 bits per heavy atom. The fraction of sp³-hybridized carbons (Fsp3) is 0.222. The van der Waals surface area contributed by atoms with Gasteiger partial charge in [-0.2, -0.15) is 0 Å². The first-order valence-electron chi connectivity index (χ1n) is 7.49. The maximum Gasteiger partial charge on any atom is 0.264 e. The van der Waals surface area contributed by atoms with Gasteiger partial charge in [0.2, 0.25) is 0 Å². The summed E-state index contributed by atoms with van der Waals surface area (Å²) in [6.07, 6.45) is 0. The van der Waals surface area contributed by atoms with Crippen LogP contribution >= 0.6 is 22.9 Å². The summed E-state index contributed by atoms with van der Waals surface area (Å²) >= 11 is 7.35. The van der Waals surface area contributed by atoms with Crippen LogP contribution in [0.5, 0.6) is 5.75 Å². The number of amides is 1. The SMILES string of the molecule is Cc1cc(C)c(C)c(OCC(=O)Nc2nc3ccc(Cl)cc3s2)c1. The molecule has 0 unspecified atom stereocenters. The molecule has 1 aromatic heterocycles. The molecule has 24 heavy (non-hydrogen) atoms. The number of nitrogens with zero attached hydrogens (tertiary/aromatic N) is 1. The average Bonchev–Trinajstić information content (AvgIpc) is 2.90. The molecule has 3 rings (SSSR count). The van der Waals surface area contributed by atoms with Crippen molar-refractivity contribution < 1.29 is 9.53 Å². The van der Waals surface area contributed by atoms with E-state index in [1.807, 2.05) is 39.0 Å². The number of fused-ring (bicyclic) bond motifs is 1. The standard InChI is InChI=1S/C18H17ClN2O2S/c1-10-6-11(2)12(3)15(7-10)23-9-17(22)21-18-20-14-5-4-13(19)8-16(14)24-18/h4-8H,9H2,1-3H3,(H,20,21,22). The number of rotatable bonds is 4. The highest BCUT2D eigenvalue weighted by atomic mass is 35.5. The normalized spacial score (nSPS) is 10.8. The summed E-state index contributed by atoms with van der Waals surface area (Å²) in [6.45, 7) is 5.97. The molecule has 124 valence electrons. The molecule has 0 saturated heterocycles. The predicted molar refractivity (Wildman–Crippen MR) is 99.4 cm³/mol. The van der Waals surface area contributed by atoms with E-state index >= 15 is 0 Å². The maximum atomic E-state index is 12.1. The third kappa shape index (κ3) is 3.68. The quantitative estimate of drug-likeness (QED) is 0.720. The molecule has 0 atom stereocenters. The van der Waals surface area contributed by atoms with Gasteiger partial charge in [-0.1, -0.05) is 29.0 Å². The van der Waals surface area contributed by atoms with Gasteiger partial charge in [0.1, 0.15) is 5.75 Å². The van der Waals surface area contributed by atoms with E-state index in [-0.39, 0.29) is 12.5 Å². The third-order valence-electron chi connectivity index (χ3n) is 3.72. The molecule has 0 aliphatic rings. The van der Waals surface area contributed by atoms with Crippen LogP contribution in [0.2, 0.25) is 5.02 Å². The van der Waals surface area contributed by atoms with Gasteiger partial charge in [-0.05, 0) is 61.7 Å². The molecule has 3 aromatic rings. The Balaban J connectivity index is 1.67. The zero-order valence-electron chi connectivity index (χ0n) is 13.6. The first-order chi connectivity index (χ1) is 11.4. The van der Waals surface area contributed by atoms with Crippen molar-refractivity contribution in [2.45, 2.75) is 20.8 Å². The van der Waals surface area contributed by atoms with Crippen LogP contribution in [-0.4, -0.2) is 17.5 Å². The number of aryl methyl sites for hydroxylation is 2. The fourth-order valence-electron chi connectivity index (χ4n) is 2.40. The summed E-state index contributed by atoms with van der Waals surface area (Å²) in [5.74, 6) is 0.498. The first kappa shape index (κ1) is 16.7. The van der Waals surface area contributed by atoms with Crippen molar-refractivity contribution in [2.75, 3.05) is 11.9 Å². The van der Waals surface area contributed by atoms with Crippen LogP contribution in [0, 0.1) is 20.8 Å². The largest absolute Gasteiger partial charge is 0.483 e. The van der Waals surface area contributed by atoms with Gasteiger partial charge in [0, 0.05) is 5.02 Å². The summed E-state index contributed by atoms with van der Waals surface area (Å²) in [7, 11) is 0. The van der Waals surface area contributed by atoms with Crippen LogP contribution in [0.15, 0.2) is 30.3 Å². The molecule has 1 heterocycles. The van der Waals surface area contributed by atoms with Crippen molar-refractivity contribution in [1.29, 1.82) is 0 Å². The number of hydrogen-bond donors (Lipinski definition) is 1. The Labute approximate surface area is 149 Å². The highest BCUT2D eigenvalue weighted by molar-refractivity contribution is 7.22. The summed E-state index contributed by atoms with van der Waals surface area (Å²) < 4.78 is 6.60. The number of hydrogen-bond acceptors (Lipinski definition) is 4. The summed E-state index contributed by atoms with van der Waals surface area (Å²) in [5, 5.41) is 3.96. The molecule has 2 aromatic carbocycles. The van der Waals surface area contributed by atoms with Crippen molar-refractivity contribution in [3.05, 3.63) is 52.0 Å². The van der Waals surface area contributed by atoms with Gasteiger partial charge in [-0.15, -0.1) is 0 Å². The Morgan fingerprint density at radius 3 is 2.83 bits per heavy atom. The van der Waals surface area contributed by atoms with E-state index < -0.39 is 0 Å². The van der Waals surface area contributed by atoms with Gasteiger partial charge in [0.25, 0.3) is 5.91 Å². The van der Waals surface area contributed by atoms with E-state index in [0.29, 0.717) is 10.2 Å². The molecule has 0 aliphatic heterocycles. The Bertz CT molecular complexity index is 921. The topological polar surface area (TPSA) is 51.2 Å². The third-order valence-corrected chi connectivity index (χ3v) is 4.89. The number of aromatic nitrogens is 1. The van der Waals surface area contributed by atoms with Crippen molar-refractivity contribution >= 4 is 44.2 Å². The number of carbonyl (C=O) groups excluding carboxylic acids is 1. The maximum absolute atomic E-state index is 12.1. The van der Waals surface area contributed by atoms with E-state index in [9.17, 15) is 4.79 Å². The summed E-state index contributed by atoms with van der Waals surface area (Å²) in [4.78, 5) is 16.5. The van der Waals surface area contributed by atoms with Gasteiger partial charge in [-0.25, -0.2) is 4.98 Å². The van der Waals surface area contributed by atoms with Gasteiger partial charge in [-0.3, -0.25) is 10.1 Å². The number of ether oxygens (including phenoxy) is 1. The minimum absolute atomic E-state index is 0.0551. The molecule has 4 nitrogen and oxygen atoms in total. The van der Waals surface area contributed by atoms with Crippen LogP contribution in [0.1, 0.15) is 16.7 Å². The molecule has 1 N–H and O–H groups in total. The molecular weight excluding hydrogens is 344 g/mol. The van der Waals surface area contributed by atoms with E-state index in [4.69, 9.17) is 16.3 Å². The molecule has 0 radical (unpaired) electrons. The number of nitrogens with one attached hydrogen (secondary N) is 1. The van der Waals surface area contributed by atoms with Crippen molar-refractivity contribution in [3.63, 3.8) is 0 Å². The lowest BCUT2D eigenvalue weighted by molar-refractivity contribution is -0.118.